The van der Waals surface area contributed by atoms with Gasteiger partial charge in [0.1, 0.15) is 11.5 Å². The number of carbonyl (C=O) groups excluding carboxylic acids is 1. The van der Waals surface area contributed by atoms with Crippen LogP contribution in [-0.4, -0.2) is 40.6 Å². The van der Waals surface area contributed by atoms with E-state index in [1.54, 1.807) is 13.2 Å². The van der Waals surface area contributed by atoms with E-state index in [1.807, 2.05) is 31.5 Å². The van der Waals surface area contributed by atoms with Crippen LogP contribution >= 0.6 is 0 Å². The average molecular weight is 299 g/mol. The van der Waals surface area contributed by atoms with Gasteiger partial charge in [0.15, 0.2) is 0 Å². The number of hydrogen-bond donors (Lipinski definition) is 1. The van der Waals surface area contributed by atoms with Crippen LogP contribution in [0.1, 0.15) is 35.2 Å². The maximum Gasteiger partial charge on any atom is 0.269 e. The summed E-state index contributed by atoms with van der Waals surface area (Å²) in [4.78, 5) is 22.5. The molecule has 6 nitrogen and oxygen atoms in total. The summed E-state index contributed by atoms with van der Waals surface area (Å²) in [7, 11) is 1.62. The second-order valence-electron chi connectivity index (χ2n) is 5.60. The van der Waals surface area contributed by atoms with Gasteiger partial charge in [-0.1, -0.05) is 0 Å². The second-order valence-corrected chi connectivity index (χ2v) is 5.60. The van der Waals surface area contributed by atoms with Crippen molar-refractivity contribution < 1.29 is 4.79 Å². The molecule has 0 aromatic carbocycles. The molecule has 3 rings (SSSR count). The van der Waals surface area contributed by atoms with Gasteiger partial charge in [0.05, 0.1) is 6.04 Å². The first-order chi connectivity index (χ1) is 10.7. The topological polar surface area (TPSA) is 63.1 Å². The van der Waals surface area contributed by atoms with Gasteiger partial charge in [0.2, 0.25) is 0 Å². The van der Waals surface area contributed by atoms with Gasteiger partial charge in [-0.05, 0) is 31.9 Å². The number of nitrogens with zero attached hydrogens (tertiary/aromatic N) is 4. The fourth-order valence-corrected chi connectivity index (χ4v) is 3.06. The van der Waals surface area contributed by atoms with E-state index in [0.29, 0.717) is 11.7 Å². The van der Waals surface area contributed by atoms with Gasteiger partial charge >= 0.3 is 0 Å². The molecule has 1 amide bonds. The van der Waals surface area contributed by atoms with Crippen molar-refractivity contribution in [2.45, 2.75) is 25.8 Å². The van der Waals surface area contributed by atoms with Crippen LogP contribution in [0.15, 0.2) is 30.7 Å². The molecular formula is C16H21N5O. The fourth-order valence-electron chi connectivity index (χ4n) is 3.06. The first-order valence-corrected chi connectivity index (χ1v) is 7.61. The molecule has 2 aromatic rings. The third-order valence-corrected chi connectivity index (χ3v) is 4.22. The first kappa shape index (κ1) is 14.6. The lowest BCUT2D eigenvalue weighted by Gasteiger charge is -2.35. The zero-order chi connectivity index (χ0) is 15.5. The molecule has 0 bridgehead atoms. The number of nitrogens with one attached hydrogen (secondary N) is 1. The van der Waals surface area contributed by atoms with E-state index in [0.717, 1.165) is 37.4 Å². The molecule has 1 N–H and O–H groups in total. The Kier molecular flexibility index (Phi) is 4.09. The van der Waals surface area contributed by atoms with Crippen molar-refractivity contribution in [2.24, 2.45) is 0 Å². The van der Waals surface area contributed by atoms with Crippen molar-refractivity contribution in [3.05, 3.63) is 42.2 Å². The lowest BCUT2D eigenvalue weighted by molar-refractivity contribution is 0.0958. The minimum absolute atomic E-state index is 0.152. The number of imidazole rings is 1. The Bertz CT molecular complexity index is 666. The predicted molar refractivity (Wildman–Crippen MR) is 85.1 cm³/mol. The molecule has 1 fully saturated rings. The molecule has 0 radical (unpaired) electrons. The van der Waals surface area contributed by atoms with Crippen LogP contribution in [-0.2, 0) is 0 Å². The summed E-state index contributed by atoms with van der Waals surface area (Å²) in [6.07, 6.45) is 7.88. The second kappa shape index (κ2) is 6.17. The Balaban J connectivity index is 1.80. The number of hydrogen-bond acceptors (Lipinski definition) is 4. The van der Waals surface area contributed by atoms with E-state index in [4.69, 9.17) is 0 Å². The summed E-state index contributed by atoms with van der Waals surface area (Å²) < 4.78 is 2.24. The van der Waals surface area contributed by atoms with E-state index in [1.165, 1.54) is 0 Å². The molecule has 0 aliphatic carbocycles. The highest BCUT2D eigenvalue weighted by atomic mass is 16.1. The van der Waals surface area contributed by atoms with Gasteiger partial charge in [-0.25, -0.2) is 4.98 Å². The molecular weight excluding hydrogens is 278 g/mol. The van der Waals surface area contributed by atoms with Crippen LogP contribution in [0.3, 0.4) is 0 Å². The molecule has 6 heteroatoms. The predicted octanol–water partition coefficient (Wildman–Crippen LogP) is 1.79. The summed E-state index contributed by atoms with van der Waals surface area (Å²) in [5.74, 6) is 0.897. The van der Waals surface area contributed by atoms with E-state index in [2.05, 4.69) is 24.8 Å². The van der Waals surface area contributed by atoms with E-state index >= 15 is 0 Å². The molecule has 0 spiro atoms. The van der Waals surface area contributed by atoms with Gasteiger partial charge in [-0.3, -0.25) is 9.78 Å². The van der Waals surface area contributed by atoms with E-state index in [9.17, 15) is 4.79 Å². The van der Waals surface area contributed by atoms with Crippen molar-refractivity contribution in [1.29, 1.82) is 0 Å². The van der Waals surface area contributed by atoms with Gasteiger partial charge < -0.3 is 14.8 Å². The van der Waals surface area contributed by atoms with E-state index in [-0.39, 0.29) is 5.91 Å². The highest BCUT2D eigenvalue weighted by Gasteiger charge is 2.22. The molecule has 3 heterocycles. The number of rotatable bonds is 3. The number of anilines is 1. The Labute approximate surface area is 130 Å². The average Bonchev–Trinajstić information content (AvgIpc) is 3.00. The number of aryl methyl sites for hydroxylation is 1. The smallest absolute Gasteiger partial charge is 0.269 e. The lowest BCUT2D eigenvalue weighted by atomic mass is 10.0. The molecule has 116 valence electrons. The molecule has 1 saturated heterocycles. The Hall–Kier alpha value is -2.37. The number of amides is 1. The first-order valence-electron chi connectivity index (χ1n) is 7.61. The van der Waals surface area contributed by atoms with Gasteiger partial charge in [-0.2, -0.15) is 0 Å². The third kappa shape index (κ3) is 2.81. The van der Waals surface area contributed by atoms with Crippen molar-refractivity contribution in [2.75, 3.05) is 25.0 Å². The standard InChI is InChI=1S/C16H21N5O/c1-12-18-7-9-21(12)14-4-3-8-20(11-14)13-5-6-19-15(10-13)16(22)17-2/h5-7,9-10,14H,3-4,8,11H2,1-2H3,(H,17,22). The molecule has 1 atom stereocenters. The van der Waals surface area contributed by atoms with Crippen molar-refractivity contribution in [3.63, 3.8) is 0 Å². The van der Waals surface area contributed by atoms with Crippen LogP contribution < -0.4 is 10.2 Å². The monoisotopic (exact) mass is 299 g/mol. The van der Waals surface area contributed by atoms with Gasteiger partial charge in [0, 0.05) is 44.4 Å². The molecule has 0 saturated carbocycles. The van der Waals surface area contributed by atoms with Crippen molar-refractivity contribution in [1.82, 2.24) is 19.9 Å². The Morgan fingerprint density at radius 1 is 1.36 bits per heavy atom. The highest BCUT2D eigenvalue weighted by molar-refractivity contribution is 5.92. The summed E-state index contributed by atoms with van der Waals surface area (Å²) in [5, 5.41) is 2.62. The number of aromatic nitrogens is 3. The minimum atomic E-state index is -0.152. The number of piperidine rings is 1. The maximum atomic E-state index is 11.7. The van der Waals surface area contributed by atoms with Crippen LogP contribution in [0.5, 0.6) is 0 Å². The molecule has 2 aromatic heterocycles. The van der Waals surface area contributed by atoms with Gasteiger partial charge in [0.25, 0.3) is 5.91 Å². The van der Waals surface area contributed by atoms with Crippen LogP contribution in [0.2, 0.25) is 0 Å². The fraction of sp³-hybridized carbons (Fsp3) is 0.438. The zero-order valence-corrected chi connectivity index (χ0v) is 13.0. The lowest BCUT2D eigenvalue weighted by Crippen LogP contribution is -2.37. The quantitative estimate of drug-likeness (QED) is 0.938. The molecule has 1 unspecified atom stereocenters. The summed E-state index contributed by atoms with van der Waals surface area (Å²) in [6, 6.07) is 4.25. The minimum Gasteiger partial charge on any atom is -0.369 e. The summed E-state index contributed by atoms with van der Waals surface area (Å²) in [5.41, 5.74) is 1.51. The molecule has 1 aliphatic rings. The van der Waals surface area contributed by atoms with Crippen LogP contribution in [0.4, 0.5) is 5.69 Å². The van der Waals surface area contributed by atoms with Crippen LogP contribution in [0, 0.1) is 6.92 Å². The zero-order valence-electron chi connectivity index (χ0n) is 13.0. The Morgan fingerprint density at radius 2 is 2.23 bits per heavy atom. The third-order valence-electron chi connectivity index (χ3n) is 4.22. The summed E-state index contributed by atoms with van der Waals surface area (Å²) in [6.45, 7) is 3.96. The normalized spacial score (nSPS) is 18.3. The maximum absolute atomic E-state index is 11.7. The largest absolute Gasteiger partial charge is 0.369 e. The van der Waals surface area contributed by atoms with Gasteiger partial charge in [-0.15, -0.1) is 0 Å². The molecule has 22 heavy (non-hydrogen) atoms. The number of pyridine rings is 1. The van der Waals surface area contributed by atoms with E-state index < -0.39 is 0 Å². The molecule has 1 aliphatic heterocycles. The highest BCUT2D eigenvalue weighted by Crippen LogP contribution is 2.27. The summed E-state index contributed by atoms with van der Waals surface area (Å²) >= 11 is 0. The number of carbonyl (C=O) groups is 1. The van der Waals surface area contributed by atoms with Crippen molar-refractivity contribution >= 4 is 11.6 Å². The Morgan fingerprint density at radius 3 is 2.95 bits per heavy atom. The SMILES string of the molecule is CNC(=O)c1cc(N2CCCC(n3ccnc3C)C2)ccn1. The van der Waals surface area contributed by atoms with Crippen molar-refractivity contribution in [3.8, 4) is 0 Å². The van der Waals surface area contributed by atoms with Crippen LogP contribution in [0.25, 0.3) is 0 Å².